The molecule has 6 heteroatoms. The Balaban J connectivity index is 1.70. The second-order valence-corrected chi connectivity index (χ2v) is 7.04. The molecule has 1 aliphatic heterocycles. The standard InChI is InChI=1S/C20H27N3O3/c1-26-15-19(24)23(13-16-6-4-10-21-12-16)18-9-5-11-22(14-18)20(25)17-7-2-3-8-17/h2-4,6,10,12,17-18H,5,7-9,11,13-15H2,1H3. The minimum Gasteiger partial charge on any atom is -0.375 e. The lowest BCUT2D eigenvalue weighted by atomic mass is 9.99. The number of piperidine rings is 1. The highest BCUT2D eigenvalue weighted by atomic mass is 16.5. The van der Waals surface area contributed by atoms with Crippen LogP contribution >= 0.6 is 0 Å². The molecule has 1 aromatic rings. The first-order valence-electron chi connectivity index (χ1n) is 9.30. The first-order chi connectivity index (χ1) is 12.7. The van der Waals surface area contributed by atoms with Crippen LogP contribution in [0, 0.1) is 5.92 Å². The fourth-order valence-corrected chi connectivity index (χ4v) is 3.80. The van der Waals surface area contributed by atoms with E-state index < -0.39 is 0 Å². The molecule has 26 heavy (non-hydrogen) atoms. The number of hydrogen-bond donors (Lipinski definition) is 0. The van der Waals surface area contributed by atoms with Gasteiger partial charge in [-0.1, -0.05) is 18.2 Å². The van der Waals surface area contributed by atoms with E-state index in [0.717, 1.165) is 37.8 Å². The zero-order chi connectivity index (χ0) is 18.4. The van der Waals surface area contributed by atoms with E-state index in [4.69, 9.17) is 4.74 Å². The molecule has 0 N–H and O–H groups in total. The predicted molar refractivity (Wildman–Crippen MR) is 98.1 cm³/mol. The van der Waals surface area contributed by atoms with Crippen molar-refractivity contribution in [2.24, 2.45) is 5.92 Å². The van der Waals surface area contributed by atoms with Gasteiger partial charge >= 0.3 is 0 Å². The maximum absolute atomic E-state index is 12.8. The third-order valence-electron chi connectivity index (χ3n) is 5.17. The van der Waals surface area contributed by atoms with Crippen molar-refractivity contribution in [1.82, 2.24) is 14.8 Å². The lowest BCUT2D eigenvalue weighted by Crippen LogP contribution is -2.53. The minimum atomic E-state index is -0.0433. The van der Waals surface area contributed by atoms with E-state index >= 15 is 0 Å². The molecule has 2 aliphatic rings. The Bertz CT molecular complexity index is 639. The lowest BCUT2D eigenvalue weighted by molar-refractivity contribution is -0.144. The molecule has 2 amide bonds. The van der Waals surface area contributed by atoms with Gasteiger partial charge in [0.15, 0.2) is 0 Å². The molecule has 2 heterocycles. The van der Waals surface area contributed by atoms with Gasteiger partial charge in [-0.3, -0.25) is 14.6 Å². The van der Waals surface area contributed by atoms with Crippen molar-refractivity contribution in [3.05, 3.63) is 42.2 Å². The van der Waals surface area contributed by atoms with Gasteiger partial charge in [-0.05, 0) is 37.3 Å². The third kappa shape index (κ3) is 4.49. The molecule has 0 bridgehead atoms. The SMILES string of the molecule is COCC(=O)N(Cc1cccnc1)C1CCCN(C(=O)C2CC=CC2)C1. The molecule has 0 saturated carbocycles. The average Bonchev–Trinajstić information content (AvgIpc) is 3.21. The van der Waals surface area contributed by atoms with Crippen molar-refractivity contribution < 1.29 is 14.3 Å². The van der Waals surface area contributed by atoms with E-state index in [-0.39, 0.29) is 30.4 Å². The van der Waals surface area contributed by atoms with Gasteiger partial charge in [0, 0.05) is 51.1 Å². The molecule has 1 saturated heterocycles. The van der Waals surface area contributed by atoms with E-state index in [1.54, 1.807) is 12.4 Å². The van der Waals surface area contributed by atoms with E-state index in [9.17, 15) is 9.59 Å². The van der Waals surface area contributed by atoms with Gasteiger partial charge in [-0.15, -0.1) is 0 Å². The summed E-state index contributed by atoms with van der Waals surface area (Å²) in [5.41, 5.74) is 0.986. The Kier molecular flexibility index (Phi) is 6.39. The Labute approximate surface area is 154 Å². The summed E-state index contributed by atoms with van der Waals surface area (Å²) in [6.45, 7) is 1.93. The van der Waals surface area contributed by atoms with Crippen LogP contribution in [0.25, 0.3) is 0 Å². The Morgan fingerprint density at radius 1 is 1.35 bits per heavy atom. The van der Waals surface area contributed by atoms with Crippen molar-refractivity contribution in [2.75, 3.05) is 26.8 Å². The van der Waals surface area contributed by atoms with Gasteiger partial charge in [0.1, 0.15) is 6.61 Å². The molecule has 1 atom stereocenters. The Hall–Kier alpha value is -2.21. The molecule has 1 unspecified atom stereocenters. The number of likely N-dealkylation sites (tertiary alicyclic amines) is 1. The zero-order valence-corrected chi connectivity index (χ0v) is 15.3. The molecule has 0 spiro atoms. The normalized spacial score (nSPS) is 20.3. The maximum atomic E-state index is 12.8. The molecular formula is C20H27N3O3. The quantitative estimate of drug-likeness (QED) is 0.731. The van der Waals surface area contributed by atoms with Crippen molar-refractivity contribution in [1.29, 1.82) is 0 Å². The number of pyridine rings is 1. The minimum absolute atomic E-state index is 0.0184. The van der Waals surface area contributed by atoms with Gasteiger partial charge < -0.3 is 14.5 Å². The van der Waals surface area contributed by atoms with E-state index in [1.165, 1.54) is 7.11 Å². The van der Waals surface area contributed by atoms with Crippen LogP contribution in [-0.4, -0.2) is 59.4 Å². The number of allylic oxidation sites excluding steroid dienone is 2. The summed E-state index contributed by atoms with van der Waals surface area (Å²) in [6.07, 6.45) is 11.2. The van der Waals surface area contributed by atoms with Crippen LogP contribution in [-0.2, 0) is 20.9 Å². The Morgan fingerprint density at radius 3 is 2.85 bits per heavy atom. The van der Waals surface area contributed by atoms with Crippen LogP contribution in [0.5, 0.6) is 0 Å². The first-order valence-corrected chi connectivity index (χ1v) is 9.30. The van der Waals surface area contributed by atoms with Gasteiger partial charge in [-0.25, -0.2) is 0 Å². The van der Waals surface area contributed by atoms with Crippen LogP contribution in [0.1, 0.15) is 31.2 Å². The second kappa shape index (κ2) is 8.94. The number of amides is 2. The predicted octanol–water partition coefficient (Wildman–Crippen LogP) is 2.01. The summed E-state index contributed by atoms with van der Waals surface area (Å²) in [5.74, 6) is 0.258. The van der Waals surface area contributed by atoms with Gasteiger partial charge in [-0.2, -0.15) is 0 Å². The van der Waals surface area contributed by atoms with Crippen molar-refractivity contribution in [3.8, 4) is 0 Å². The van der Waals surface area contributed by atoms with Crippen molar-refractivity contribution >= 4 is 11.8 Å². The van der Waals surface area contributed by atoms with Crippen LogP contribution in [0.4, 0.5) is 0 Å². The molecule has 6 nitrogen and oxygen atoms in total. The summed E-state index contributed by atoms with van der Waals surface area (Å²) in [5, 5.41) is 0. The van der Waals surface area contributed by atoms with Crippen LogP contribution in [0.3, 0.4) is 0 Å². The van der Waals surface area contributed by atoms with Gasteiger partial charge in [0.2, 0.25) is 11.8 Å². The summed E-state index contributed by atoms with van der Waals surface area (Å²) < 4.78 is 5.07. The van der Waals surface area contributed by atoms with Gasteiger partial charge in [0.05, 0.1) is 0 Å². The highest BCUT2D eigenvalue weighted by molar-refractivity contribution is 5.80. The molecule has 1 aromatic heterocycles. The number of carbonyl (C=O) groups is 2. The van der Waals surface area contributed by atoms with Crippen molar-refractivity contribution in [3.63, 3.8) is 0 Å². The number of nitrogens with zero attached hydrogens (tertiary/aromatic N) is 3. The number of hydrogen-bond acceptors (Lipinski definition) is 4. The van der Waals surface area contributed by atoms with Crippen LogP contribution in [0.2, 0.25) is 0 Å². The zero-order valence-electron chi connectivity index (χ0n) is 15.3. The Morgan fingerprint density at radius 2 is 2.15 bits per heavy atom. The average molecular weight is 357 g/mol. The monoisotopic (exact) mass is 357 g/mol. The molecule has 3 rings (SSSR count). The first kappa shape index (κ1) is 18.6. The lowest BCUT2D eigenvalue weighted by Gasteiger charge is -2.40. The fourth-order valence-electron chi connectivity index (χ4n) is 3.80. The third-order valence-corrected chi connectivity index (χ3v) is 5.17. The second-order valence-electron chi connectivity index (χ2n) is 7.04. The summed E-state index contributed by atoms with van der Waals surface area (Å²) in [4.78, 5) is 33.4. The number of aromatic nitrogens is 1. The molecular weight excluding hydrogens is 330 g/mol. The fraction of sp³-hybridized carbons (Fsp3) is 0.550. The van der Waals surface area contributed by atoms with E-state index in [1.807, 2.05) is 21.9 Å². The maximum Gasteiger partial charge on any atom is 0.249 e. The smallest absolute Gasteiger partial charge is 0.249 e. The highest BCUT2D eigenvalue weighted by Gasteiger charge is 2.33. The molecule has 0 radical (unpaired) electrons. The van der Waals surface area contributed by atoms with Crippen LogP contribution < -0.4 is 0 Å². The topological polar surface area (TPSA) is 62.7 Å². The molecule has 1 fully saturated rings. The summed E-state index contributed by atoms with van der Waals surface area (Å²) in [6, 6.07) is 3.86. The van der Waals surface area contributed by atoms with E-state index in [2.05, 4.69) is 17.1 Å². The number of carbonyl (C=O) groups excluding carboxylic acids is 2. The number of methoxy groups -OCH3 is 1. The summed E-state index contributed by atoms with van der Waals surface area (Å²) in [7, 11) is 1.53. The molecule has 0 aromatic carbocycles. The van der Waals surface area contributed by atoms with Crippen molar-refractivity contribution in [2.45, 2.75) is 38.3 Å². The van der Waals surface area contributed by atoms with Gasteiger partial charge in [0.25, 0.3) is 0 Å². The number of rotatable bonds is 6. The molecule has 1 aliphatic carbocycles. The summed E-state index contributed by atoms with van der Waals surface area (Å²) >= 11 is 0. The largest absolute Gasteiger partial charge is 0.375 e. The van der Waals surface area contributed by atoms with E-state index in [0.29, 0.717) is 13.1 Å². The highest BCUT2D eigenvalue weighted by Crippen LogP contribution is 2.24. The van der Waals surface area contributed by atoms with Crippen LogP contribution in [0.15, 0.2) is 36.7 Å². The molecule has 140 valence electrons. The number of ether oxygens (including phenoxy) is 1.